The van der Waals surface area contributed by atoms with Crippen molar-refractivity contribution in [2.75, 3.05) is 9.80 Å². The predicted molar refractivity (Wildman–Crippen MR) is 201 cm³/mol. The van der Waals surface area contributed by atoms with Crippen LogP contribution < -0.4 is 9.80 Å². The lowest BCUT2D eigenvalue weighted by Crippen LogP contribution is -2.59. The SMILES string of the molecule is O=C(c1ccccc1)[C@H]1[C@@]2(C(=O)N(Cc3ccccc3)c3ccc(F)cc32)[C@@](O)(c2ccccc2)C[C@]12C(=O)N(Cc1ccccc1)c1ccc(F)cc12. The van der Waals surface area contributed by atoms with Gasteiger partial charge in [0.25, 0.3) is 0 Å². The van der Waals surface area contributed by atoms with Crippen molar-refractivity contribution in [2.24, 2.45) is 5.92 Å². The zero-order valence-electron chi connectivity index (χ0n) is 29.0. The highest BCUT2D eigenvalue weighted by atomic mass is 19.1. The molecule has 0 aromatic heterocycles. The fourth-order valence-corrected chi connectivity index (χ4v) is 9.52. The smallest absolute Gasteiger partial charge is 0.242 e. The number of rotatable bonds is 7. The number of carbonyl (C=O) groups excluding carboxylic acids is 3. The van der Waals surface area contributed by atoms with Crippen LogP contribution in [0.5, 0.6) is 0 Å². The number of aliphatic hydroxyl groups is 1. The lowest BCUT2D eigenvalue weighted by atomic mass is 9.58. The van der Waals surface area contributed by atoms with Gasteiger partial charge in [-0.05, 0) is 64.2 Å². The lowest BCUT2D eigenvalue weighted by Gasteiger charge is -2.42. The first-order valence-electron chi connectivity index (χ1n) is 17.9. The summed E-state index contributed by atoms with van der Waals surface area (Å²) in [5.74, 6) is -4.79. The van der Waals surface area contributed by atoms with Gasteiger partial charge in [-0.25, -0.2) is 8.78 Å². The number of hydrogen-bond acceptors (Lipinski definition) is 4. The van der Waals surface area contributed by atoms with Crippen molar-refractivity contribution >= 4 is 29.0 Å². The van der Waals surface area contributed by atoms with Gasteiger partial charge in [-0.2, -0.15) is 0 Å². The van der Waals surface area contributed by atoms with Crippen LogP contribution in [0.3, 0.4) is 0 Å². The summed E-state index contributed by atoms with van der Waals surface area (Å²) in [5, 5.41) is 13.8. The third-order valence-electron chi connectivity index (χ3n) is 11.7. The summed E-state index contributed by atoms with van der Waals surface area (Å²) in [6, 6.07) is 43.3. The quantitative estimate of drug-likeness (QED) is 0.170. The van der Waals surface area contributed by atoms with E-state index < -0.39 is 58.0 Å². The molecule has 9 rings (SSSR count). The molecule has 2 spiro atoms. The molecule has 6 aromatic rings. The van der Waals surface area contributed by atoms with E-state index in [1.54, 1.807) is 60.7 Å². The third-order valence-corrected chi connectivity index (χ3v) is 11.7. The standard InChI is InChI=1S/C46H34F2N2O4/c47-34-21-23-38-36(25-34)44(42(52)49(38)27-30-13-5-1-6-14-30)29-45(54,33-19-11-4-12-20-33)46(41(44)40(51)32-17-9-3-10-18-32)37-26-35(48)22-24-39(37)50(43(46)53)28-31-15-7-2-8-16-31/h1-26,41,54H,27-29H2/t41-,44-,45+,46+/m1/s1. The molecule has 6 nitrogen and oxygen atoms in total. The van der Waals surface area contributed by atoms with Crippen molar-refractivity contribution in [2.45, 2.75) is 35.9 Å². The number of Topliss-reactive ketones (excluding diaryl/α,β-unsaturated/α-hetero) is 1. The first-order valence-corrected chi connectivity index (χ1v) is 17.9. The number of benzene rings is 6. The molecule has 2 amide bonds. The van der Waals surface area contributed by atoms with E-state index in [0.29, 0.717) is 11.4 Å². The molecule has 0 radical (unpaired) electrons. The molecule has 1 N–H and O–H groups in total. The van der Waals surface area contributed by atoms with Crippen molar-refractivity contribution in [3.8, 4) is 0 Å². The number of halogens is 2. The van der Waals surface area contributed by atoms with E-state index in [4.69, 9.17) is 0 Å². The van der Waals surface area contributed by atoms with Gasteiger partial charge < -0.3 is 14.9 Å². The maximum Gasteiger partial charge on any atom is 0.242 e. The van der Waals surface area contributed by atoms with E-state index in [2.05, 4.69) is 0 Å². The van der Waals surface area contributed by atoms with Gasteiger partial charge in [0, 0.05) is 23.4 Å². The van der Waals surface area contributed by atoms with Gasteiger partial charge in [0.05, 0.1) is 24.4 Å². The molecular formula is C46H34F2N2O4. The summed E-state index contributed by atoms with van der Waals surface area (Å²) in [5.41, 5.74) is -3.54. The second-order valence-electron chi connectivity index (χ2n) is 14.4. The normalized spacial score (nSPS) is 24.0. The Kier molecular flexibility index (Phi) is 7.72. The van der Waals surface area contributed by atoms with Crippen molar-refractivity contribution in [1.82, 2.24) is 0 Å². The highest BCUT2D eigenvalue weighted by molar-refractivity contribution is 6.20. The number of ketones is 1. The van der Waals surface area contributed by atoms with Crippen LogP contribution in [0.4, 0.5) is 20.2 Å². The fourth-order valence-electron chi connectivity index (χ4n) is 9.52. The van der Waals surface area contributed by atoms with Gasteiger partial charge in [-0.3, -0.25) is 14.4 Å². The van der Waals surface area contributed by atoms with E-state index >= 15 is 23.2 Å². The van der Waals surface area contributed by atoms with Gasteiger partial charge in [0.1, 0.15) is 22.7 Å². The number of hydrogen-bond donors (Lipinski definition) is 1. The van der Waals surface area contributed by atoms with Gasteiger partial charge in [0.15, 0.2) is 5.78 Å². The Morgan fingerprint density at radius 3 is 1.63 bits per heavy atom. The van der Waals surface area contributed by atoms with Crippen molar-refractivity contribution in [3.05, 3.63) is 203 Å². The van der Waals surface area contributed by atoms with Crippen LogP contribution in [0.25, 0.3) is 0 Å². The molecule has 6 aromatic carbocycles. The molecular weight excluding hydrogens is 683 g/mol. The molecule has 4 atom stereocenters. The third kappa shape index (κ3) is 4.62. The van der Waals surface area contributed by atoms with Crippen molar-refractivity contribution in [1.29, 1.82) is 0 Å². The number of fused-ring (bicyclic) bond motifs is 4. The van der Waals surface area contributed by atoms with Crippen LogP contribution in [0.1, 0.15) is 44.6 Å². The molecule has 0 bridgehead atoms. The molecule has 2 aliphatic heterocycles. The Labute approximate surface area is 310 Å². The summed E-state index contributed by atoms with van der Waals surface area (Å²) in [6.07, 6.45) is -0.464. The van der Waals surface area contributed by atoms with Gasteiger partial charge in [0.2, 0.25) is 11.8 Å². The van der Waals surface area contributed by atoms with Gasteiger partial charge in [-0.15, -0.1) is 0 Å². The predicted octanol–water partition coefficient (Wildman–Crippen LogP) is 8.02. The molecule has 1 fully saturated rings. The highest BCUT2D eigenvalue weighted by Crippen LogP contribution is 2.72. The number of amides is 2. The van der Waals surface area contributed by atoms with E-state index in [0.717, 1.165) is 11.1 Å². The number of anilines is 2. The van der Waals surface area contributed by atoms with E-state index in [-0.39, 0.29) is 35.3 Å². The van der Waals surface area contributed by atoms with Crippen LogP contribution in [0.2, 0.25) is 0 Å². The molecule has 266 valence electrons. The van der Waals surface area contributed by atoms with Crippen LogP contribution in [-0.2, 0) is 39.1 Å². The minimum absolute atomic E-state index is 0.0451. The fraction of sp³-hybridized carbons (Fsp3) is 0.152. The summed E-state index contributed by atoms with van der Waals surface area (Å²) in [7, 11) is 0. The number of nitrogens with zero attached hydrogens (tertiary/aromatic N) is 2. The molecule has 0 unspecified atom stereocenters. The van der Waals surface area contributed by atoms with Crippen LogP contribution >= 0.6 is 0 Å². The first kappa shape index (κ1) is 33.6. The second kappa shape index (κ2) is 12.4. The Bertz CT molecular complexity index is 2450. The molecule has 54 heavy (non-hydrogen) atoms. The Hall–Kier alpha value is -6.25. The first-order chi connectivity index (χ1) is 26.2. The van der Waals surface area contributed by atoms with E-state index in [9.17, 15) is 5.11 Å². The Morgan fingerprint density at radius 2 is 1.07 bits per heavy atom. The molecule has 8 heteroatoms. The highest BCUT2D eigenvalue weighted by Gasteiger charge is 2.82. The topological polar surface area (TPSA) is 77.9 Å². The molecule has 2 heterocycles. The molecule has 3 aliphatic rings. The van der Waals surface area contributed by atoms with Crippen molar-refractivity contribution in [3.63, 3.8) is 0 Å². The van der Waals surface area contributed by atoms with Crippen molar-refractivity contribution < 1.29 is 28.3 Å². The minimum Gasteiger partial charge on any atom is -0.384 e. The lowest BCUT2D eigenvalue weighted by molar-refractivity contribution is -0.135. The monoisotopic (exact) mass is 716 g/mol. The minimum atomic E-state index is -2.28. The van der Waals surface area contributed by atoms with Crippen LogP contribution in [0, 0.1) is 17.6 Å². The van der Waals surface area contributed by atoms with Gasteiger partial charge >= 0.3 is 0 Å². The van der Waals surface area contributed by atoms with Crippen LogP contribution in [-0.4, -0.2) is 22.7 Å². The van der Waals surface area contributed by atoms with E-state index in [1.807, 2.05) is 60.7 Å². The average Bonchev–Trinajstić information content (AvgIpc) is 3.69. The maximum absolute atomic E-state index is 15.9. The zero-order chi connectivity index (χ0) is 37.2. The largest absolute Gasteiger partial charge is 0.384 e. The van der Waals surface area contributed by atoms with E-state index in [1.165, 1.54) is 46.2 Å². The molecule has 0 saturated heterocycles. The number of carbonyl (C=O) groups is 3. The Morgan fingerprint density at radius 1 is 0.611 bits per heavy atom. The summed E-state index contributed by atoms with van der Waals surface area (Å²) >= 11 is 0. The zero-order valence-corrected chi connectivity index (χ0v) is 29.0. The average molecular weight is 717 g/mol. The van der Waals surface area contributed by atoms with Crippen LogP contribution in [0.15, 0.2) is 158 Å². The summed E-state index contributed by atoms with van der Waals surface area (Å²) in [6.45, 7) is 0.131. The molecule has 1 aliphatic carbocycles. The Balaban J connectivity index is 1.39. The second-order valence-corrected chi connectivity index (χ2v) is 14.4. The summed E-state index contributed by atoms with van der Waals surface area (Å²) in [4.78, 5) is 50.3. The summed E-state index contributed by atoms with van der Waals surface area (Å²) < 4.78 is 31.5. The molecule has 1 saturated carbocycles. The maximum atomic E-state index is 15.9. The van der Waals surface area contributed by atoms with Gasteiger partial charge in [-0.1, -0.05) is 121 Å².